The Labute approximate surface area is 172 Å². The van der Waals surface area contributed by atoms with Gasteiger partial charge in [0.15, 0.2) is 0 Å². The molecule has 0 radical (unpaired) electrons. The van der Waals surface area contributed by atoms with Crippen molar-refractivity contribution in [1.29, 1.82) is 0 Å². The van der Waals surface area contributed by atoms with E-state index < -0.39 is 0 Å². The second kappa shape index (κ2) is 9.37. The molecule has 1 amide bonds. The summed E-state index contributed by atoms with van der Waals surface area (Å²) >= 11 is 0. The first-order valence-electron chi connectivity index (χ1n) is 10.6. The van der Waals surface area contributed by atoms with Crippen molar-refractivity contribution in [3.05, 3.63) is 59.8 Å². The highest BCUT2D eigenvalue weighted by Gasteiger charge is 2.38. The van der Waals surface area contributed by atoms with Crippen LogP contribution in [0.2, 0.25) is 0 Å². The lowest BCUT2D eigenvalue weighted by Gasteiger charge is -2.42. The molecule has 154 valence electrons. The number of benzene rings is 1. The molecule has 2 saturated heterocycles. The number of hydrogen-bond donors (Lipinski definition) is 0. The number of hydrogen-bond acceptors (Lipinski definition) is 5. The Kier molecular flexibility index (Phi) is 6.42. The van der Waals surface area contributed by atoms with Crippen molar-refractivity contribution in [3.63, 3.8) is 0 Å². The SMILES string of the molecule is CCOc1ncccc1C(=O)N1CCO[C@@H](CN2CCCC2)[C@@H]1c1ccccc1. The van der Waals surface area contributed by atoms with E-state index in [9.17, 15) is 4.79 Å². The maximum atomic E-state index is 13.6. The van der Waals surface area contributed by atoms with Crippen molar-refractivity contribution < 1.29 is 14.3 Å². The standard InChI is InChI=1S/C23H29N3O3/c1-2-28-22-19(11-8-12-24-22)23(27)26-15-16-29-20(17-25-13-6-7-14-25)21(26)18-9-4-3-5-10-18/h3-5,8-12,20-21H,2,6-7,13-17H2,1H3/t20-,21-/m0/s1. The molecule has 0 aliphatic carbocycles. The third kappa shape index (κ3) is 4.43. The van der Waals surface area contributed by atoms with E-state index in [1.54, 1.807) is 18.3 Å². The molecule has 2 aromatic rings. The summed E-state index contributed by atoms with van der Waals surface area (Å²) in [6, 6.07) is 13.7. The van der Waals surface area contributed by atoms with Crippen LogP contribution in [0.4, 0.5) is 0 Å². The molecule has 1 aromatic heterocycles. The molecule has 2 fully saturated rings. The van der Waals surface area contributed by atoms with Gasteiger partial charge in [-0.15, -0.1) is 0 Å². The van der Waals surface area contributed by atoms with Gasteiger partial charge in [-0.25, -0.2) is 4.98 Å². The molecule has 2 aliphatic heterocycles. The molecule has 6 heteroatoms. The average molecular weight is 396 g/mol. The second-order valence-electron chi connectivity index (χ2n) is 7.56. The zero-order chi connectivity index (χ0) is 20.1. The molecule has 2 aliphatic rings. The highest BCUT2D eigenvalue weighted by molar-refractivity contribution is 5.96. The number of carbonyl (C=O) groups excluding carboxylic acids is 1. The van der Waals surface area contributed by atoms with Gasteiger partial charge in [0, 0.05) is 19.3 Å². The highest BCUT2D eigenvalue weighted by atomic mass is 16.5. The fourth-order valence-electron chi connectivity index (χ4n) is 4.34. The van der Waals surface area contributed by atoms with Gasteiger partial charge in [-0.1, -0.05) is 30.3 Å². The number of nitrogens with zero attached hydrogens (tertiary/aromatic N) is 3. The Morgan fingerprint density at radius 3 is 2.69 bits per heavy atom. The summed E-state index contributed by atoms with van der Waals surface area (Å²) < 4.78 is 11.8. The van der Waals surface area contributed by atoms with Crippen LogP contribution in [-0.4, -0.2) is 66.2 Å². The smallest absolute Gasteiger partial charge is 0.260 e. The third-order valence-electron chi connectivity index (χ3n) is 5.67. The number of carbonyl (C=O) groups is 1. The third-order valence-corrected chi connectivity index (χ3v) is 5.67. The monoisotopic (exact) mass is 395 g/mol. The van der Waals surface area contributed by atoms with Crippen LogP contribution in [0.1, 0.15) is 41.7 Å². The molecular weight excluding hydrogens is 366 g/mol. The summed E-state index contributed by atoms with van der Waals surface area (Å²) in [5.41, 5.74) is 1.61. The molecule has 0 N–H and O–H groups in total. The summed E-state index contributed by atoms with van der Waals surface area (Å²) in [7, 11) is 0. The van der Waals surface area contributed by atoms with Gasteiger partial charge in [-0.3, -0.25) is 4.79 Å². The normalized spacial score (nSPS) is 22.6. The number of rotatable bonds is 6. The first-order chi connectivity index (χ1) is 14.3. The number of amides is 1. The summed E-state index contributed by atoms with van der Waals surface area (Å²) in [5.74, 6) is 0.347. The van der Waals surface area contributed by atoms with Crippen LogP contribution in [-0.2, 0) is 4.74 Å². The zero-order valence-corrected chi connectivity index (χ0v) is 17.0. The van der Waals surface area contributed by atoms with Crippen LogP contribution in [0.25, 0.3) is 0 Å². The van der Waals surface area contributed by atoms with Crippen molar-refractivity contribution in [2.24, 2.45) is 0 Å². The minimum Gasteiger partial charge on any atom is -0.477 e. The van der Waals surface area contributed by atoms with Gasteiger partial charge in [0.1, 0.15) is 5.56 Å². The van der Waals surface area contributed by atoms with E-state index in [1.807, 2.05) is 30.0 Å². The number of pyridine rings is 1. The molecule has 0 saturated carbocycles. The lowest BCUT2D eigenvalue weighted by atomic mass is 9.96. The Bertz CT molecular complexity index is 808. The number of morpholine rings is 1. The molecule has 0 spiro atoms. The van der Waals surface area contributed by atoms with Gasteiger partial charge in [-0.05, 0) is 50.6 Å². The maximum Gasteiger partial charge on any atom is 0.260 e. The molecule has 29 heavy (non-hydrogen) atoms. The van der Waals surface area contributed by atoms with E-state index in [0.717, 1.165) is 25.2 Å². The van der Waals surface area contributed by atoms with E-state index in [1.165, 1.54) is 12.8 Å². The average Bonchev–Trinajstić information content (AvgIpc) is 3.27. The quantitative estimate of drug-likeness (QED) is 0.752. The van der Waals surface area contributed by atoms with Crippen LogP contribution < -0.4 is 4.74 Å². The van der Waals surface area contributed by atoms with E-state index in [-0.39, 0.29) is 18.1 Å². The predicted octanol–water partition coefficient (Wildman–Crippen LogP) is 3.16. The minimum absolute atomic E-state index is 0.0508. The van der Waals surface area contributed by atoms with Crippen LogP contribution in [0, 0.1) is 0 Å². The van der Waals surface area contributed by atoms with Gasteiger partial charge in [0.2, 0.25) is 5.88 Å². The maximum absolute atomic E-state index is 13.6. The Hall–Kier alpha value is -2.44. The van der Waals surface area contributed by atoms with E-state index in [4.69, 9.17) is 9.47 Å². The molecular formula is C23H29N3O3. The summed E-state index contributed by atoms with van der Waals surface area (Å²) in [4.78, 5) is 22.3. The Morgan fingerprint density at radius 1 is 1.14 bits per heavy atom. The van der Waals surface area contributed by atoms with E-state index in [0.29, 0.717) is 31.2 Å². The first-order valence-corrected chi connectivity index (χ1v) is 10.6. The summed E-state index contributed by atoms with van der Waals surface area (Å²) in [6.45, 7) is 6.51. The summed E-state index contributed by atoms with van der Waals surface area (Å²) in [5, 5.41) is 0. The second-order valence-corrected chi connectivity index (χ2v) is 7.56. The Morgan fingerprint density at radius 2 is 1.93 bits per heavy atom. The van der Waals surface area contributed by atoms with Crippen LogP contribution >= 0.6 is 0 Å². The van der Waals surface area contributed by atoms with E-state index >= 15 is 0 Å². The molecule has 0 unspecified atom stereocenters. The Balaban J connectivity index is 1.65. The van der Waals surface area contributed by atoms with Gasteiger partial charge >= 0.3 is 0 Å². The van der Waals surface area contributed by atoms with Crippen molar-refractivity contribution in [1.82, 2.24) is 14.8 Å². The van der Waals surface area contributed by atoms with Crippen LogP contribution in [0.3, 0.4) is 0 Å². The number of likely N-dealkylation sites (tertiary alicyclic amines) is 1. The minimum atomic E-state index is -0.132. The van der Waals surface area contributed by atoms with Gasteiger partial charge in [0.25, 0.3) is 5.91 Å². The van der Waals surface area contributed by atoms with Crippen molar-refractivity contribution in [2.45, 2.75) is 31.9 Å². The first kappa shape index (κ1) is 19.9. The number of aromatic nitrogens is 1. The molecule has 2 atom stereocenters. The molecule has 1 aromatic carbocycles. The van der Waals surface area contributed by atoms with E-state index in [2.05, 4.69) is 22.0 Å². The zero-order valence-electron chi connectivity index (χ0n) is 17.0. The molecule has 3 heterocycles. The fourth-order valence-corrected chi connectivity index (χ4v) is 4.34. The number of ether oxygens (including phenoxy) is 2. The largest absolute Gasteiger partial charge is 0.477 e. The van der Waals surface area contributed by atoms with Crippen molar-refractivity contribution >= 4 is 5.91 Å². The molecule has 4 rings (SSSR count). The van der Waals surface area contributed by atoms with Crippen LogP contribution in [0.5, 0.6) is 5.88 Å². The topological polar surface area (TPSA) is 54.9 Å². The highest BCUT2D eigenvalue weighted by Crippen LogP contribution is 2.33. The molecule has 6 nitrogen and oxygen atoms in total. The van der Waals surface area contributed by atoms with Gasteiger partial charge in [0.05, 0.1) is 25.4 Å². The van der Waals surface area contributed by atoms with Crippen LogP contribution in [0.15, 0.2) is 48.7 Å². The summed E-state index contributed by atoms with van der Waals surface area (Å²) in [6.07, 6.45) is 4.07. The van der Waals surface area contributed by atoms with Crippen molar-refractivity contribution in [3.8, 4) is 5.88 Å². The lowest BCUT2D eigenvalue weighted by molar-refractivity contribution is -0.0708. The van der Waals surface area contributed by atoms with Crippen molar-refractivity contribution in [2.75, 3.05) is 39.4 Å². The van der Waals surface area contributed by atoms with Gasteiger partial charge < -0.3 is 19.3 Å². The predicted molar refractivity (Wildman–Crippen MR) is 111 cm³/mol. The van der Waals surface area contributed by atoms with Gasteiger partial charge in [-0.2, -0.15) is 0 Å². The lowest BCUT2D eigenvalue weighted by Crippen LogP contribution is -2.51. The fraction of sp³-hybridized carbons (Fsp3) is 0.478. The molecule has 0 bridgehead atoms.